The normalized spacial score (nSPS) is 23.6. The second-order valence-corrected chi connectivity index (χ2v) is 3.66. The number of rotatable bonds is 7. The number of carboxylic acids is 1. The maximum Gasteiger partial charge on any atom is 0.332 e. The summed E-state index contributed by atoms with van der Waals surface area (Å²) < 4.78 is 10.0. The van der Waals surface area contributed by atoms with Gasteiger partial charge >= 0.3 is 5.97 Å². The lowest BCUT2D eigenvalue weighted by molar-refractivity contribution is -0.151. The lowest BCUT2D eigenvalue weighted by atomic mass is 10.2. The number of aliphatic hydroxyl groups excluding tert-OH is 1. The van der Waals surface area contributed by atoms with Gasteiger partial charge in [-0.15, -0.1) is 0 Å². The van der Waals surface area contributed by atoms with E-state index in [2.05, 4.69) is 5.32 Å². The summed E-state index contributed by atoms with van der Waals surface area (Å²) in [4.78, 5) is 22.1. The highest BCUT2D eigenvalue weighted by Crippen LogP contribution is 2.19. The number of hydrogen-bond donors (Lipinski definition) is 3. The summed E-state index contributed by atoms with van der Waals surface area (Å²) in [6.45, 7) is 0.800. The Bertz CT molecular complexity index is 270. The summed E-state index contributed by atoms with van der Waals surface area (Å²) in [5.41, 5.74) is 0. The molecule has 1 fully saturated rings. The molecule has 1 saturated heterocycles. The summed E-state index contributed by atoms with van der Waals surface area (Å²) in [6, 6.07) is 0. The van der Waals surface area contributed by atoms with Gasteiger partial charge < -0.3 is 25.0 Å². The van der Waals surface area contributed by atoms with E-state index < -0.39 is 18.2 Å². The fraction of sp³-hybridized carbons (Fsp3) is 0.800. The van der Waals surface area contributed by atoms with Crippen molar-refractivity contribution in [3.63, 3.8) is 0 Å². The second kappa shape index (κ2) is 7.21. The first-order chi connectivity index (χ1) is 8.15. The Balaban J connectivity index is 2.14. The average Bonchev–Trinajstić information content (AvgIpc) is 2.78. The highest BCUT2D eigenvalue weighted by Gasteiger charge is 2.34. The third-order valence-corrected chi connectivity index (χ3v) is 2.37. The summed E-state index contributed by atoms with van der Waals surface area (Å²) in [7, 11) is 0. The van der Waals surface area contributed by atoms with Gasteiger partial charge in [-0.25, -0.2) is 4.79 Å². The van der Waals surface area contributed by atoms with Gasteiger partial charge in [0.1, 0.15) is 6.10 Å². The van der Waals surface area contributed by atoms with Crippen LogP contribution in [0.4, 0.5) is 0 Å². The van der Waals surface area contributed by atoms with E-state index in [9.17, 15) is 9.59 Å². The van der Waals surface area contributed by atoms with Gasteiger partial charge in [-0.1, -0.05) is 0 Å². The molecule has 0 radical (unpaired) electrons. The predicted molar refractivity (Wildman–Crippen MR) is 56.4 cm³/mol. The van der Waals surface area contributed by atoms with Crippen LogP contribution in [-0.4, -0.2) is 60.7 Å². The van der Waals surface area contributed by atoms with Crippen molar-refractivity contribution in [2.45, 2.75) is 25.0 Å². The number of carbonyl (C=O) groups is 2. The van der Waals surface area contributed by atoms with Crippen LogP contribution in [0.1, 0.15) is 12.8 Å². The minimum Gasteiger partial charge on any atom is -0.479 e. The van der Waals surface area contributed by atoms with Crippen LogP contribution in [0.5, 0.6) is 0 Å². The first kappa shape index (κ1) is 13.9. The van der Waals surface area contributed by atoms with E-state index in [-0.39, 0.29) is 19.1 Å². The molecule has 0 aromatic carbocycles. The molecule has 98 valence electrons. The van der Waals surface area contributed by atoms with Gasteiger partial charge in [-0.2, -0.15) is 0 Å². The molecule has 17 heavy (non-hydrogen) atoms. The Kier molecular flexibility index (Phi) is 5.88. The van der Waals surface area contributed by atoms with Gasteiger partial charge in [-0.3, -0.25) is 4.79 Å². The third-order valence-electron chi connectivity index (χ3n) is 2.37. The highest BCUT2D eigenvalue weighted by atomic mass is 16.5. The molecule has 0 bridgehead atoms. The van der Waals surface area contributed by atoms with Gasteiger partial charge in [0.25, 0.3) is 0 Å². The average molecular weight is 247 g/mol. The molecule has 1 aliphatic rings. The van der Waals surface area contributed by atoms with E-state index in [1.807, 2.05) is 0 Å². The van der Waals surface area contributed by atoms with Gasteiger partial charge in [0.05, 0.1) is 19.8 Å². The van der Waals surface area contributed by atoms with Gasteiger partial charge in [0.2, 0.25) is 5.91 Å². The van der Waals surface area contributed by atoms with Gasteiger partial charge in [0, 0.05) is 6.54 Å². The Morgan fingerprint density at radius 2 is 2.00 bits per heavy atom. The zero-order valence-electron chi connectivity index (χ0n) is 9.42. The van der Waals surface area contributed by atoms with Gasteiger partial charge in [-0.05, 0) is 12.8 Å². The molecule has 1 heterocycles. The minimum atomic E-state index is -1.04. The molecule has 0 spiro atoms. The SMILES string of the molecule is O=C(NCCOCCO)[C@@H]1CC[C@H](C(=O)O)O1. The number of hydrogen-bond acceptors (Lipinski definition) is 5. The van der Waals surface area contributed by atoms with Crippen LogP contribution in [0, 0.1) is 0 Å². The van der Waals surface area contributed by atoms with E-state index >= 15 is 0 Å². The zero-order valence-corrected chi connectivity index (χ0v) is 9.42. The number of carbonyl (C=O) groups excluding carboxylic acids is 1. The molecule has 0 aromatic heterocycles. The van der Waals surface area contributed by atoms with Crippen LogP contribution < -0.4 is 5.32 Å². The standard InChI is InChI=1S/C10H17NO6/c12-4-6-16-5-3-11-9(13)7-1-2-8(17-7)10(14)15/h7-8,12H,1-6H2,(H,11,13)(H,14,15)/t7-,8+/m0/s1. The first-order valence-electron chi connectivity index (χ1n) is 5.49. The third kappa shape index (κ3) is 4.68. The van der Waals surface area contributed by atoms with Crippen molar-refractivity contribution in [3.05, 3.63) is 0 Å². The quantitative estimate of drug-likeness (QED) is 0.485. The number of nitrogens with one attached hydrogen (secondary N) is 1. The zero-order chi connectivity index (χ0) is 12.7. The van der Waals surface area contributed by atoms with Crippen molar-refractivity contribution in [1.82, 2.24) is 5.32 Å². The molecule has 1 aliphatic heterocycles. The van der Waals surface area contributed by atoms with E-state index in [4.69, 9.17) is 19.7 Å². The monoisotopic (exact) mass is 247 g/mol. The topological polar surface area (TPSA) is 105 Å². The van der Waals surface area contributed by atoms with E-state index in [1.54, 1.807) is 0 Å². The molecule has 2 atom stereocenters. The Morgan fingerprint density at radius 3 is 2.59 bits per heavy atom. The summed E-state index contributed by atoms with van der Waals surface area (Å²) in [6.07, 6.45) is -0.792. The smallest absolute Gasteiger partial charge is 0.332 e. The summed E-state index contributed by atoms with van der Waals surface area (Å²) in [5.74, 6) is -1.35. The fourth-order valence-electron chi connectivity index (χ4n) is 1.54. The maximum atomic E-state index is 11.5. The van der Waals surface area contributed by atoms with Crippen molar-refractivity contribution < 1.29 is 29.3 Å². The Morgan fingerprint density at radius 1 is 1.29 bits per heavy atom. The lowest BCUT2D eigenvalue weighted by Gasteiger charge is -2.11. The van der Waals surface area contributed by atoms with Crippen LogP contribution in [0.25, 0.3) is 0 Å². The van der Waals surface area contributed by atoms with Crippen molar-refractivity contribution >= 4 is 11.9 Å². The van der Waals surface area contributed by atoms with E-state index in [0.29, 0.717) is 26.0 Å². The highest BCUT2D eigenvalue weighted by molar-refractivity contribution is 5.82. The van der Waals surface area contributed by atoms with Crippen LogP contribution in [0.15, 0.2) is 0 Å². The fourth-order valence-corrected chi connectivity index (χ4v) is 1.54. The second-order valence-electron chi connectivity index (χ2n) is 3.66. The summed E-state index contributed by atoms with van der Waals surface area (Å²) >= 11 is 0. The molecule has 0 aliphatic carbocycles. The molecule has 0 unspecified atom stereocenters. The molecule has 0 saturated carbocycles. The number of carboxylic acid groups (broad SMARTS) is 1. The Hall–Kier alpha value is -1.18. The maximum absolute atomic E-state index is 11.5. The van der Waals surface area contributed by atoms with E-state index in [0.717, 1.165) is 0 Å². The van der Waals surface area contributed by atoms with Crippen molar-refractivity contribution in [1.29, 1.82) is 0 Å². The number of ether oxygens (including phenoxy) is 2. The number of aliphatic hydroxyl groups is 1. The van der Waals surface area contributed by atoms with Crippen LogP contribution in [-0.2, 0) is 19.1 Å². The molecular formula is C10H17NO6. The summed E-state index contributed by atoms with van der Waals surface area (Å²) in [5, 5.41) is 19.7. The van der Waals surface area contributed by atoms with Crippen molar-refractivity contribution in [2.24, 2.45) is 0 Å². The van der Waals surface area contributed by atoms with Gasteiger partial charge in [0.15, 0.2) is 6.10 Å². The number of aliphatic carboxylic acids is 1. The molecule has 1 rings (SSSR count). The molecule has 7 nitrogen and oxygen atoms in total. The predicted octanol–water partition coefficient (Wildman–Crippen LogP) is -1.26. The van der Waals surface area contributed by atoms with Crippen LogP contribution >= 0.6 is 0 Å². The first-order valence-corrected chi connectivity index (χ1v) is 5.49. The largest absolute Gasteiger partial charge is 0.479 e. The molecular weight excluding hydrogens is 230 g/mol. The molecule has 3 N–H and O–H groups in total. The molecule has 1 amide bonds. The van der Waals surface area contributed by atoms with Crippen LogP contribution in [0.3, 0.4) is 0 Å². The van der Waals surface area contributed by atoms with Crippen LogP contribution in [0.2, 0.25) is 0 Å². The Labute approximate surface area is 98.7 Å². The molecule has 0 aromatic rings. The number of amides is 1. The minimum absolute atomic E-state index is 0.0556. The lowest BCUT2D eigenvalue weighted by Crippen LogP contribution is -2.37. The molecule has 7 heteroatoms. The van der Waals surface area contributed by atoms with E-state index in [1.165, 1.54) is 0 Å². The van der Waals surface area contributed by atoms with Crippen molar-refractivity contribution in [3.8, 4) is 0 Å². The van der Waals surface area contributed by atoms with Crippen molar-refractivity contribution in [2.75, 3.05) is 26.4 Å².